The van der Waals surface area contributed by atoms with Crippen molar-refractivity contribution in [3.8, 4) is 0 Å². The zero-order valence-corrected chi connectivity index (χ0v) is 12.6. The van der Waals surface area contributed by atoms with Crippen LogP contribution in [-0.2, 0) is 6.54 Å². The molecular formula is C16H18ClFN2. The number of benzene rings is 2. The van der Waals surface area contributed by atoms with Gasteiger partial charge in [0.2, 0.25) is 0 Å². The Balaban J connectivity index is 2.17. The molecule has 2 rings (SSSR count). The van der Waals surface area contributed by atoms with Crippen LogP contribution in [0.4, 0.5) is 15.8 Å². The van der Waals surface area contributed by atoms with Crippen LogP contribution in [0, 0.1) is 12.7 Å². The first-order valence-electron chi connectivity index (χ1n) is 6.44. The normalized spacial score (nSPS) is 10.4. The van der Waals surface area contributed by atoms with Crippen molar-refractivity contribution in [1.82, 2.24) is 0 Å². The predicted octanol–water partition coefficient (Wildman–Crippen LogP) is 4.47. The van der Waals surface area contributed by atoms with Crippen molar-refractivity contribution in [2.75, 3.05) is 24.3 Å². The van der Waals surface area contributed by atoms with Crippen LogP contribution in [0.15, 0.2) is 36.4 Å². The SMILES string of the molecule is Cc1ccc(NCc2c(F)cccc2Cl)cc1N(C)C. The maximum Gasteiger partial charge on any atom is 0.129 e. The number of nitrogens with zero attached hydrogens (tertiary/aromatic N) is 1. The molecule has 0 heterocycles. The summed E-state index contributed by atoms with van der Waals surface area (Å²) in [6, 6.07) is 10.8. The Morgan fingerprint density at radius 2 is 1.95 bits per heavy atom. The molecule has 2 aromatic rings. The Hall–Kier alpha value is -1.74. The van der Waals surface area contributed by atoms with Gasteiger partial charge in [0.25, 0.3) is 0 Å². The molecule has 1 N–H and O–H groups in total. The maximum absolute atomic E-state index is 13.7. The fourth-order valence-corrected chi connectivity index (χ4v) is 2.32. The van der Waals surface area contributed by atoms with Gasteiger partial charge in [0, 0.05) is 42.6 Å². The smallest absolute Gasteiger partial charge is 0.129 e. The average Bonchev–Trinajstić information content (AvgIpc) is 2.39. The number of aryl methyl sites for hydroxylation is 1. The molecule has 0 unspecified atom stereocenters. The molecule has 0 saturated heterocycles. The lowest BCUT2D eigenvalue weighted by Gasteiger charge is -2.17. The lowest BCUT2D eigenvalue weighted by atomic mass is 10.1. The zero-order valence-electron chi connectivity index (χ0n) is 11.9. The highest BCUT2D eigenvalue weighted by atomic mass is 35.5. The Kier molecular flexibility index (Phi) is 4.50. The van der Waals surface area contributed by atoms with Crippen molar-refractivity contribution in [3.05, 3.63) is 58.4 Å². The van der Waals surface area contributed by atoms with Crippen LogP contribution in [0.5, 0.6) is 0 Å². The quantitative estimate of drug-likeness (QED) is 0.894. The number of nitrogens with one attached hydrogen (secondary N) is 1. The molecule has 20 heavy (non-hydrogen) atoms. The van der Waals surface area contributed by atoms with Crippen molar-refractivity contribution in [2.45, 2.75) is 13.5 Å². The second-order valence-electron chi connectivity index (χ2n) is 4.95. The van der Waals surface area contributed by atoms with E-state index in [0.29, 0.717) is 17.1 Å². The van der Waals surface area contributed by atoms with E-state index in [4.69, 9.17) is 11.6 Å². The molecule has 0 saturated carbocycles. The van der Waals surface area contributed by atoms with Crippen LogP contribution in [-0.4, -0.2) is 14.1 Å². The molecule has 4 heteroatoms. The topological polar surface area (TPSA) is 15.3 Å². The number of rotatable bonds is 4. The lowest BCUT2D eigenvalue weighted by molar-refractivity contribution is 0.613. The standard InChI is InChI=1S/C16H18ClFN2/c1-11-7-8-12(9-16(11)20(2)3)19-10-13-14(17)5-4-6-15(13)18/h4-9,19H,10H2,1-3H3. The first kappa shape index (κ1) is 14.7. The highest BCUT2D eigenvalue weighted by Gasteiger charge is 2.07. The fourth-order valence-electron chi connectivity index (χ4n) is 2.09. The van der Waals surface area contributed by atoms with Gasteiger partial charge in [0.1, 0.15) is 5.82 Å². The van der Waals surface area contributed by atoms with E-state index in [1.54, 1.807) is 12.1 Å². The number of anilines is 2. The summed E-state index contributed by atoms with van der Waals surface area (Å²) in [6.45, 7) is 2.42. The molecule has 0 aliphatic carbocycles. The Bertz CT molecular complexity index is 591. The minimum absolute atomic E-state index is 0.287. The summed E-state index contributed by atoms with van der Waals surface area (Å²) in [4.78, 5) is 2.05. The van der Waals surface area contributed by atoms with Crippen LogP contribution in [0.3, 0.4) is 0 Å². The number of hydrogen-bond acceptors (Lipinski definition) is 2. The summed E-state index contributed by atoms with van der Waals surface area (Å²) < 4.78 is 13.7. The lowest BCUT2D eigenvalue weighted by Crippen LogP contribution is -2.11. The average molecular weight is 293 g/mol. The van der Waals surface area contributed by atoms with Gasteiger partial charge in [0.15, 0.2) is 0 Å². The summed E-state index contributed by atoms with van der Waals surface area (Å²) in [5, 5.41) is 3.66. The molecule has 106 valence electrons. The van der Waals surface area contributed by atoms with Gasteiger partial charge < -0.3 is 10.2 Å². The second kappa shape index (κ2) is 6.14. The highest BCUT2D eigenvalue weighted by molar-refractivity contribution is 6.31. The molecular weight excluding hydrogens is 275 g/mol. The summed E-state index contributed by atoms with van der Waals surface area (Å²) in [6.07, 6.45) is 0. The van der Waals surface area contributed by atoms with Crippen molar-refractivity contribution in [2.24, 2.45) is 0 Å². The van der Waals surface area contributed by atoms with Gasteiger partial charge in [-0.1, -0.05) is 23.7 Å². The minimum Gasteiger partial charge on any atom is -0.381 e. The monoisotopic (exact) mass is 292 g/mol. The van der Waals surface area contributed by atoms with Crippen LogP contribution >= 0.6 is 11.6 Å². The van der Waals surface area contributed by atoms with E-state index in [-0.39, 0.29) is 5.82 Å². The molecule has 0 spiro atoms. The molecule has 2 nitrogen and oxygen atoms in total. The molecule has 0 radical (unpaired) electrons. The predicted molar refractivity (Wildman–Crippen MR) is 84.2 cm³/mol. The van der Waals surface area contributed by atoms with Crippen molar-refractivity contribution in [3.63, 3.8) is 0 Å². The molecule has 0 aliphatic heterocycles. The first-order valence-corrected chi connectivity index (χ1v) is 6.81. The Labute approximate surface area is 124 Å². The highest BCUT2D eigenvalue weighted by Crippen LogP contribution is 2.24. The van der Waals surface area contributed by atoms with E-state index in [2.05, 4.69) is 17.1 Å². The Morgan fingerprint density at radius 1 is 1.20 bits per heavy atom. The Morgan fingerprint density at radius 3 is 2.60 bits per heavy atom. The molecule has 0 aromatic heterocycles. The third-order valence-corrected chi connectivity index (χ3v) is 3.58. The van der Waals surface area contributed by atoms with Crippen molar-refractivity contribution in [1.29, 1.82) is 0 Å². The van der Waals surface area contributed by atoms with Crippen LogP contribution in [0.25, 0.3) is 0 Å². The van der Waals surface area contributed by atoms with Gasteiger partial charge in [-0.3, -0.25) is 0 Å². The third kappa shape index (κ3) is 3.23. The summed E-state index contributed by atoms with van der Waals surface area (Å²) >= 11 is 6.01. The molecule has 0 amide bonds. The molecule has 2 aromatic carbocycles. The van der Waals surface area contributed by atoms with Crippen LogP contribution in [0.2, 0.25) is 5.02 Å². The maximum atomic E-state index is 13.7. The minimum atomic E-state index is -0.287. The van der Waals surface area contributed by atoms with E-state index in [1.165, 1.54) is 11.6 Å². The van der Waals surface area contributed by atoms with Gasteiger partial charge >= 0.3 is 0 Å². The molecule has 0 aliphatic rings. The second-order valence-corrected chi connectivity index (χ2v) is 5.36. The molecule has 0 fully saturated rings. The van der Waals surface area contributed by atoms with E-state index >= 15 is 0 Å². The van der Waals surface area contributed by atoms with Gasteiger partial charge in [0.05, 0.1) is 0 Å². The van der Waals surface area contributed by atoms with E-state index in [1.807, 2.05) is 32.3 Å². The van der Waals surface area contributed by atoms with Gasteiger partial charge in [-0.25, -0.2) is 4.39 Å². The van der Waals surface area contributed by atoms with Crippen molar-refractivity contribution < 1.29 is 4.39 Å². The first-order chi connectivity index (χ1) is 9.49. The van der Waals surface area contributed by atoms with Crippen LogP contribution in [0.1, 0.15) is 11.1 Å². The summed E-state index contributed by atoms with van der Waals surface area (Å²) in [7, 11) is 4.00. The molecule has 0 atom stereocenters. The summed E-state index contributed by atoms with van der Waals surface area (Å²) in [5.74, 6) is -0.287. The van der Waals surface area contributed by atoms with Gasteiger partial charge in [-0.05, 0) is 36.8 Å². The van der Waals surface area contributed by atoms with E-state index in [9.17, 15) is 4.39 Å². The third-order valence-electron chi connectivity index (χ3n) is 3.22. The van der Waals surface area contributed by atoms with Gasteiger partial charge in [-0.15, -0.1) is 0 Å². The van der Waals surface area contributed by atoms with E-state index in [0.717, 1.165) is 11.4 Å². The zero-order chi connectivity index (χ0) is 14.7. The number of halogens is 2. The van der Waals surface area contributed by atoms with Crippen molar-refractivity contribution >= 4 is 23.0 Å². The van der Waals surface area contributed by atoms with Crippen LogP contribution < -0.4 is 10.2 Å². The summed E-state index contributed by atoms with van der Waals surface area (Å²) in [5.41, 5.74) is 3.76. The molecule has 0 bridgehead atoms. The largest absolute Gasteiger partial charge is 0.381 e. The fraction of sp³-hybridized carbons (Fsp3) is 0.250. The number of hydrogen-bond donors (Lipinski definition) is 1. The van der Waals surface area contributed by atoms with E-state index < -0.39 is 0 Å². The van der Waals surface area contributed by atoms with Gasteiger partial charge in [-0.2, -0.15) is 0 Å².